The highest BCUT2D eigenvalue weighted by atomic mass is 16.7. The lowest BCUT2D eigenvalue weighted by molar-refractivity contribution is 0.174. The van der Waals surface area contributed by atoms with E-state index in [0.29, 0.717) is 6.79 Å². The molecule has 0 unspecified atom stereocenters. The maximum Gasteiger partial charge on any atom is 0.231 e. The SMILES string of the molecule is C(=C\c1ccc2c(c1)OCO2)/CCN1CCCNCC1. The zero-order valence-corrected chi connectivity index (χ0v) is 11.8. The summed E-state index contributed by atoms with van der Waals surface area (Å²) in [6.07, 6.45) is 6.76. The summed E-state index contributed by atoms with van der Waals surface area (Å²) < 4.78 is 10.7. The third-order valence-corrected chi connectivity index (χ3v) is 3.75. The summed E-state index contributed by atoms with van der Waals surface area (Å²) in [6.45, 7) is 6.13. The largest absolute Gasteiger partial charge is 0.454 e. The van der Waals surface area contributed by atoms with Crippen LogP contribution in [0.15, 0.2) is 24.3 Å². The van der Waals surface area contributed by atoms with Gasteiger partial charge in [0.1, 0.15) is 0 Å². The average Bonchev–Trinajstić information content (AvgIpc) is 2.78. The quantitative estimate of drug-likeness (QED) is 0.912. The van der Waals surface area contributed by atoms with Gasteiger partial charge in [0.05, 0.1) is 0 Å². The number of hydrogen-bond donors (Lipinski definition) is 1. The normalized spacial score (nSPS) is 19.4. The first-order valence-corrected chi connectivity index (χ1v) is 7.41. The topological polar surface area (TPSA) is 33.7 Å². The minimum atomic E-state index is 0.339. The molecule has 1 aromatic carbocycles. The van der Waals surface area contributed by atoms with Crippen molar-refractivity contribution in [3.8, 4) is 11.5 Å². The van der Waals surface area contributed by atoms with Crippen LogP contribution in [-0.4, -0.2) is 44.4 Å². The summed E-state index contributed by atoms with van der Waals surface area (Å²) in [6, 6.07) is 6.08. The van der Waals surface area contributed by atoms with E-state index in [1.165, 1.54) is 18.5 Å². The highest BCUT2D eigenvalue weighted by Crippen LogP contribution is 2.32. The van der Waals surface area contributed by atoms with Crippen molar-refractivity contribution < 1.29 is 9.47 Å². The molecular formula is C16H22N2O2. The summed E-state index contributed by atoms with van der Waals surface area (Å²) in [5.74, 6) is 1.70. The molecule has 0 atom stereocenters. The number of ether oxygens (including phenoxy) is 2. The van der Waals surface area contributed by atoms with Crippen LogP contribution in [0.2, 0.25) is 0 Å². The molecule has 0 spiro atoms. The van der Waals surface area contributed by atoms with Gasteiger partial charge in [0.25, 0.3) is 0 Å². The predicted octanol–water partition coefficient (Wildman–Crippen LogP) is 2.11. The lowest BCUT2D eigenvalue weighted by Gasteiger charge is -2.17. The number of rotatable bonds is 4. The monoisotopic (exact) mass is 274 g/mol. The zero-order valence-electron chi connectivity index (χ0n) is 11.8. The van der Waals surface area contributed by atoms with Crippen molar-refractivity contribution in [2.45, 2.75) is 12.8 Å². The Labute approximate surface area is 120 Å². The first kappa shape index (κ1) is 13.5. The Bertz CT molecular complexity index is 466. The van der Waals surface area contributed by atoms with Crippen molar-refractivity contribution in [2.24, 2.45) is 0 Å². The van der Waals surface area contributed by atoms with Gasteiger partial charge in [-0.15, -0.1) is 0 Å². The summed E-state index contributed by atoms with van der Waals surface area (Å²) >= 11 is 0. The van der Waals surface area contributed by atoms with Crippen LogP contribution in [0.3, 0.4) is 0 Å². The van der Waals surface area contributed by atoms with Crippen molar-refractivity contribution in [3.05, 3.63) is 29.8 Å². The van der Waals surface area contributed by atoms with Gasteiger partial charge < -0.3 is 19.7 Å². The third kappa shape index (κ3) is 3.52. The maximum atomic E-state index is 5.38. The second kappa shape index (κ2) is 6.77. The number of hydrogen-bond acceptors (Lipinski definition) is 4. The van der Waals surface area contributed by atoms with Gasteiger partial charge in [-0.05, 0) is 43.6 Å². The molecule has 4 nitrogen and oxygen atoms in total. The Hall–Kier alpha value is -1.52. The number of nitrogens with one attached hydrogen (secondary N) is 1. The molecule has 1 saturated heterocycles. The maximum absolute atomic E-state index is 5.38. The van der Waals surface area contributed by atoms with Gasteiger partial charge >= 0.3 is 0 Å². The van der Waals surface area contributed by atoms with E-state index in [0.717, 1.165) is 44.1 Å². The Morgan fingerprint density at radius 3 is 3.10 bits per heavy atom. The molecule has 0 radical (unpaired) electrons. The third-order valence-electron chi connectivity index (χ3n) is 3.75. The minimum absolute atomic E-state index is 0.339. The van der Waals surface area contributed by atoms with E-state index in [-0.39, 0.29) is 0 Å². The lowest BCUT2D eigenvalue weighted by atomic mass is 10.2. The number of benzene rings is 1. The van der Waals surface area contributed by atoms with Crippen molar-refractivity contribution in [3.63, 3.8) is 0 Å². The van der Waals surface area contributed by atoms with Gasteiger partial charge in [0, 0.05) is 19.6 Å². The van der Waals surface area contributed by atoms with Crippen molar-refractivity contribution >= 4 is 6.08 Å². The summed E-state index contributed by atoms with van der Waals surface area (Å²) in [7, 11) is 0. The predicted molar refractivity (Wildman–Crippen MR) is 80.1 cm³/mol. The number of fused-ring (bicyclic) bond motifs is 1. The molecule has 0 aromatic heterocycles. The summed E-state index contributed by atoms with van der Waals surface area (Å²) in [5.41, 5.74) is 1.17. The molecular weight excluding hydrogens is 252 g/mol. The minimum Gasteiger partial charge on any atom is -0.454 e. The van der Waals surface area contributed by atoms with E-state index < -0.39 is 0 Å². The van der Waals surface area contributed by atoms with Gasteiger partial charge in [-0.3, -0.25) is 0 Å². The highest BCUT2D eigenvalue weighted by Gasteiger charge is 2.12. The zero-order chi connectivity index (χ0) is 13.6. The fraction of sp³-hybridized carbons (Fsp3) is 0.500. The van der Waals surface area contributed by atoms with Crippen LogP contribution in [0.1, 0.15) is 18.4 Å². The first-order chi connectivity index (χ1) is 9.92. The Morgan fingerprint density at radius 1 is 1.15 bits per heavy atom. The Balaban J connectivity index is 1.47. The molecule has 3 rings (SSSR count). The van der Waals surface area contributed by atoms with Crippen molar-refractivity contribution in [2.75, 3.05) is 39.5 Å². The molecule has 0 amide bonds. The van der Waals surface area contributed by atoms with Crippen LogP contribution in [0.4, 0.5) is 0 Å². The average molecular weight is 274 g/mol. The highest BCUT2D eigenvalue weighted by molar-refractivity contribution is 5.56. The van der Waals surface area contributed by atoms with Gasteiger partial charge in [-0.1, -0.05) is 18.2 Å². The van der Waals surface area contributed by atoms with Crippen LogP contribution in [-0.2, 0) is 0 Å². The molecule has 1 aromatic rings. The Morgan fingerprint density at radius 2 is 2.10 bits per heavy atom. The van der Waals surface area contributed by atoms with Crippen LogP contribution < -0.4 is 14.8 Å². The molecule has 2 aliphatic heterocycles. The molecule has 0 aliphatic carbocycles. The van der Waals surface area contributed by atoms with Gasteiger partial charge in [0.2, 0.25) is 6.79 Å². The fourth-order valence-electron chi connectivity index (χ4n) is 2.62. The summed E-state index contributed by atoms with van der Waals surface area (Å²) in [5, 5.41) is 3.43. The second-order valence-electron chi connectivity index (χ2n) is 5.25. The second-order valence-corrected chi connectivity index (χ2v) is 5.25. The molecule has 1 fully saturated rings. The number of nitrogens with zero attached hydrogens (tertiary/aromatic N) is 1. The van der Waals surface area contributed by atoms with E-state index in [4.69, 9.17) is 9.47 Å². The van der Waals surface area contributed by atoms with Gasteiger partial charge in [0.15, 0.2) is 11.5 Å². The molecule has 0 bridgehead atoms. The van der Waals surface area contributed by atoms with E-state index in [1.807, 2.05) is 12.1 Å². The van der Waals surface area contributed by atoms with Gasteiger partial charge in [-0.2, -0.15) is 0 Å². The van der Waals surface area contributed by atoms with Crippen LogP contribution in [0.25, 0.3) is 6.08 Å². The molecule has 2 heterocycles. The van der Waals surface area contributed by atoms with Crippen molar-refractivity contribution in [1.29, 1.82) is 0 Å². The van der Waals surface area contributed by atoms with E-state index in [2.05, 4.69) is 28.4 Å². The molecule has 20 heavy (non-hydrogen) atoms. The summed E-state index contributed by atoms with van der Waals surface area (Å²) in [4.78, 5) is 2.53. The molecule has 108 valence electrons. The Kier molecular flexibility index (Phi) is 4.56. The van der Waals surface area contributed by atoms with Crippen LogP contribution in [0, 0.1) is 0 Å². The first-order valence-electron chi connectivity index (χ1n) is 7.41. The van der Waals surface area contributed by atoms with Gasteiger partial charge in [-0.25, -0.2) is 0 Å². The molecule has 4 heteroatoms. The molecule has 1 N–H and O–H groups in total. The van der Waals surface area contributed by atoms with Crippen LogP contribution >= 0.6 is 0 Å². The van der Waals surface area contributed by atoms with E-state index >= 15 is 0 Å². The standard InChI is InChI=1S/C16H22N2O2/c1(2-9-18-10-3-7-17-8-11-18)4-14-5-6-15-16(12-14)20-13-19-15/h1,4-6,12,17H,2-3,7-11,13H2/b4-1+. The molecule has 0 saturated carbocycles. The van der Waals surface area contributed by atoms with E-state index in [1.54, 1.807) is 0 Å². The lowest BCUT2D eigenvalue weighted by Crippen LogP contribution is -2.28. The van der Waals surface area contributed by atoms with Crippen molar-refractivity contribution in [1.82, 2.24) is 10.2 Å². The molecule has 2 aliphatic rings. The fourth-order valence-corrected chi connectivity index (χ4v) is 2.62. The smallest absolute Gasteiger partial charge is 0.231 e. The van der Waals surface area contributed by atoms with E-state index in [9.17, 15) is 0 Å². The van der Waals surface area contributed by atoms with Crippen LogP contribution in [0.5, 0.6) is 11.5 Å².